The molecule has 1 aromatic rings. The lowest BCUT2D eigenvalue weighted by atomic mass is 10.1. The van der Waals surface area contributed by atoms with Crippen LogP contribution < -0.4 is 5.73 Å². The predicted octanol–water partition coefficient (Wildman–Crippen LogP) is 2.68. The van der Waals surface area contributed by atoms with Gasteiger partial charge < -0.3 is 5.73 Å². The molecule has 1 aromatic heterocycles. The molecule has 1 heterocycles. The van der Waals surface area contributed by atoms with Gasteiger partial charge in [-0.05, 0) is 18.8 Å². The number of rotatable bonds is 2. The average Bonchev–Trinajstić information content (AvgIpc) is 2.50. The Morgan fingerprint density at radius 1 is 1.69 bits per heavy atom. The maximum Gasteiger partial charge on any atom is 0.0965 e. The van der Waals surface area contributed by atoms with Gasteiger partial charge in [0.15, 0.2) is 0 Å². The van der Waals surface area contributed by atoms with E-state index in [-0.39, 0.29) is 6.04 Å². The van der Waals surface area contributed by atoms with Crippen LogP contribution in [0.4, 0.5) is 0 Å². The smallest absolute Gasteiger partial charge is 0.0965 e. The van der Waals surface area contributed by atoms with Gasteiger partial charge in [0, 0.05) is 17.3 Å². The molecule has 0 radical (unpaired) electrons. The lowest BCUT2D eigenvalue weighted by Crippen LogP contribution is -2.05. The minimum Gasteiger partial charge on any atom is -0.323 e. The maximum absolute atomic E-state index is 5.76. The average molecular weight is 196 g/mol. The summed E-state index contributed by atoms with van der Waals surface area (Å²) < 4.78 is 0. The van der Waals surface area contributed by atoms with Crippen LogP contribution in [0.3, 0.4) is 0 Å². The van der Waals surface area contributed by atoms with Gasteiger partial charge in [-0.1, -0.05) is 13.8 Å². The summed E-state index contributed by atoms with van der Waals surface area (Å²) in [5.41, 5.74) is 7.28. The number of aromatic nitrogens is 1. The van der Waals surface area contributed by atoms with Crippen molar-refractivity contribution in [2.24, 2.45) is 11.1 Å². The van der Waals surface area contributed by atoms with Gasteiger partial charge in [0.25, 0.3) is 0 Å². The second-order valence-electron chi connectivity index (χ2n) is 4.64. The van der Waals surface area contributed by atoms with Crippen molar-refractivity contribution in [2.45, 2.75) is 39.2 Å². The highest BCUT2D eigenvalue weighted by molar-refractivity contribution is 7.09. The van der Waals surface area contributed by atoms with Crippen molar-refractivity contribution < 1.29 is 0 Å². The summed E-state index contributed by atoms with van der Waals surface area (Å²) >= 11 is 1.76. The summed E-state index contributed by atoms with van der Waals surface area (Å²) in [5.74, 6) is 0.685. The molecule has 0 aromatic carbocycles. The molecular weight excluding hydrogens is 180 g/mol. The topological polar surface area (TPSA) is 38.9 Å². The minimum atomic E-state index is 0.0758. The van der Waals surface area contributed by atoms with E-state index in [9.17, 15) is 0 Å². The normalized spacial score (nSPS) is 27.2. The van der Waals surface area contributed by atoms with Crippen molar-refractivity contribution in [1.29, 1.82) is 0 Å². The van der Waals surface area contributed by atoms with Crippen molar-refractivity contribution in [1.82, 2.24) is 4.98 Å². The van der Waals surface area contributed by atoms with E-state index in [0.717, 1.165) is 5.69 Å². The van der Waals surface area contributed by atoms with Crippen molar-refractivity contribution in [3.63, 3.8) is 0 Å². The SMILES string of the molecule is CC(N)c1csc(C2CC2(C)C)n1. The molecule has 2 unspecified atom stereocenters. The third-order valence-electron chi connectivity index (χ3n) is 2.82. The van der Waals surface area contributed by atoms with Gasteiger partial charge in [0.05, 0.1) is 10.7 Å². The molecule has 1 saturated carbocycles. The van der Waals surface area contributed by atoms with Gasteiger partial charge in [0.2, 0.25) is 0 Å². The van der Waals surface area contributed by atoms with E-state index in [1.807, 2.05) is 6.92 Å². The molecule has 3 heteroatoms. The molecule has 0 bridgehead atoms. The van der Waals surface area contributed by atoms with Gasteiger partial charge in [0.1, 0.15) is 0 Å². The van der Waals surface area contributed by atoms with Crippen LogP contribution in [-0.4, -0.2) is 4.98 Å². The molecule has 0 amide bonds. The highest BCUT2D eigenvalue weighted by atomic mass is 32.1. The summed E-state index contributed by atoms with van der Waals surface area (Å²) in [6, 6.07) is 0.0758. The molecule has 2 nitrogen and oxygen atoms in total. The Hall–Kier alpha value is -0.410. The Labute approximate surface area is 83.2 Å². The standard InChI is InChI=1S/C10H16N2S/c1-6(11)8-5-13-9(12-8)7-4-10(7,2)3/h5-7H,4,11H2,1-3H3. The van der Waals surface area contributed by atoms with E-state index < -0.39 is 0 Å². The number of hydrogen-bond acceptors (Lipinski definition) is 3. The fraction of sp³-hybridized carbons (Fsp3) is 0.700. The largest absolute Gasteiger partial charge is 0.323 e. The van der Waals surface area contributed by atoms with Crippen LogP contribution in [0, 0.1) is 5.41 Å². The van der Waals surface area contributed by atoms with Gasteiger partial charge in [-0.2, -0.15) is 0 Å². The molecule has 0 spiro atoms. The Kier molecular flexibility index (Phi) is 1.96. The van der Waals surface area contributed by atoms with Crippen LogP contribution in [0.15, 0.2) is 5.38 Å². The monoisotopic (exact) mass is 196 g/mol. The fourth-order valence-electron chi connectivity index (χ4n) is 1.56. The number of nitrogens with two attached hydrogens (primary N) is 1. The van der Waals surface area contributed by atoms with Gasteiger partial charge in [-0.15, -0.1) is 11.3 Å². The van der Waals surface area contributed by atoms with Crippen LogP contribution in [0.5, 0.6) is 0 Å². The van der Waals surface area contributed by atoms with E-state index in [1.54, 1.807) is 11.3 Å². The highest BCUT2D eigenvalue weighted by Gasteiger charge is 2.48. The summed E-state index contributed by atoms with van der Waals surface area (Å²) in [5, 5.41) is 3.37. The van der Waals surface area contributed by atoms with Crippen molar-refractivity contribution >= 4 is 11.3 Å². The zero-order valence-corrected chi connectivity index (χ0v) is 9.19. The molecule has 0 aliphatic heterocycles. The molecule has 2 atom stereocenters. The first-order valence-corrected chi connectivity index (χ1v) is 5.59. The second kappa shape index (κ2) is 2.79. The van der Waals surface area contributed by atoms with E-state index in [1.165, 1.54) is 11.4 Å². The van der Waals surface area contributed by atoms with Crippen molar-refractivity contribution in [3.05, 3.63) is 16.1 Å². The molecular formula is C10H16N2S. The Morgan fingerprint density at radius 2 is 2.31 bits per heavy atom. The van der Waals surface area contributed by atoms with E-state index in [2.05, 4.69) is 24.2 Å². The predicted molar refractivity (Wildman–Crippen MR) is 55.9 cm³/mol. The first-order chi connectivity index (χ1) is 6.00. The summed E-state index contributed by atoms with van der Waals surface area (Å²) in [7, 11) is 0. The molecule has 2 rings (SSSR count). The van der Waals surface area contributed by atoms with Crippen molar-refractivity contribution in [3.8, 4) is 0 Å². The Bertz CT molecular complexity index is 314. The van der Waals surface area contributed by atoms with E-state index in [0.29, 0.717) is 11.3 Å². The maximum atomic E-state index is 5.76. The molecule has 2 N–H and O–H groups in total. The molecule has 0 saturated heterocycles. The molecule has 1 aliphatic carbocycles. The number of nitrogens with zero attached hydrogens (tertiary/aromatic N) is 1. The van der Waals surface area contributed by atoms with Gasteiger partial charge in [-0.3, -0.25) is 0 Å². The minimum absolute atomic E-state index is 0.0758. The van der Waals surface area contributed by atoms with E-state index in [4.69, 9.17) is 5.73 Å². The quantitative estimate of drug-likeness (QED) is 0.789. The fourth-order valence-corrected chi connectivity index (χ4v) is 2.79. The first-order valence-electron chi connectivity index (χ1n) is 4.71. The third-order valence-corrected chi connectivity index (χ3v) is 3.79. The number of hydrogen-bond donors (Lipinski definition) is 1. The summed E-state index contributed by atoms with van der Waals surface area (Å²) in [6.07, 6.45) is 1.28. The molecule has 1 aliphatic rings. The first kappa shape index (κ1) is 9.16. The summed E-state index contributed by atoms with van der Waals surface area (Å²) in [6.45, 7) is 6.58. The van der Waals surface area contributed by atoms with Crippen LogP contribution in [0.25, 0.3) is 0 Å². The number of thiazole rings is 1. The second-order valence-corrected chi connectivity index (χ2v) is 5.53. The zero-order chi connectivity index (χ0) is 9.64. The van der Waals surface area contributed by atoms with E-state index >= 15 is 0 Å². The van der Waals surface area contributed by atoms with Crippen LogP contribution >= 0.6 is 11.3 Å². The Morgan fingerprint density at radius 3 is 2.69 bits per heavy atom. The molecule has 1 fully saturated rings. The van der Waals surface area contributed by atoms with Crippen molar-refractivity contribution in [2.75, 3.05) is 0 Å². The zero-order valence-electron chi connectivity index (χ0n) is 8.37. The Balaban J connectivity index is 2.16. The molecule has 13 heavy (non-hydrogen) atoms. The van der Waals surface area contributed by atoms with Gasteiger partial charge in [-0.25, -0.2) is 4.98 Å². The lowest BCUT2D eigenvalue weighted by Gasteiger charge is -1.99. The van der Waals surface area contributed by atoms with Crippen LogP contribution in [0.2, 0.25) is 0 Å². The third kappa shape index (κ3) is 1.63. The van der Waals surface area contributed by atoms with Gasteiger partial charge >= 0.3 is 0 Å². The summed E-state index contributed by atoms with van der Waals surface area (Å²) in [4.78, 5) is 4.56. The molecule has 72 valence electrons. The van der Waals surface area contributed by atoms with Crippen LogP contribution in [0.1, 0.15) is 49.9 Å². The lowest BCUT2D eigenvalue weighted by molar-refractivity contribution is 0.618. The highest BCUT2D eigenvalue weighted by Crippen LogP contribution is 2.59. The van der Waals surface area contributed by atoms with Crippen LogP contribution in [-0.2, 0) is 0 Å².